The third-order valence-electron chi connectivity index (χ3n) is 7.48. The van der Waals surface area contributed by atoms with Crippen molar-refractivity contribution < 1.29 is 32.7 Å². The monoisotopic (exact) mass is 414 g/mol. The fraction of sp³-hybridized carbons (Fsp3) is 0.750. The molecule has 8 heteroatoms. The number of hydrogen-bond donors (Lipinski definition) is 3. The Morgan fingerprint density at radius 1 is 1.32 bits per heavy atom. The summed E-state index contributed by atoms with van der Waals surface area (Å²) in [6, 6.07) is 0. The first-order chi connectivity index (χ1) is 12.9. The van der Waals surface area contributed by atoms with Crippen molar-refractivity contribution in [2.75, 3.05) is 13.2 Å². The van der Waals surface area contributed by atoms with Gasteiger partial charge >= 0.3 is 0 Å². The van der Waals surface area contributed by atoms with Crippen molar-refractivity contribution >= 4 is 15.9 Å². The Bertz CT molecular complexity index is 801. The molecule has 1 aliphatic heterocycles. The van der Waals surface area contributed by atoms with E-state index in [2.05, 4.69) is 13.5 Å². The average molecular weight is 415 g/mol. The van der Waals surface area contributed by atoms with Crippen LogP contribution in [0.1, 0.15) is 46.0 Å². The summed E-state index contributed by atoms with van der Waals surface area (Å²) >= 11 is 0. The van der Waals surface area contributed by atoms with Crippen LogP contribution in [0, 0.1) is 22.7 Å². The van der Waals surface area contributed by atoms with Gasteiger partial charge in [0.05, 0.1) is 12.7 Å². The second-order valence-corrected chi connectivity index (χ2v) is 10.5. The van der Waals surface area contributed by atoms with Gasteiger partial charge < -0.3 is 14.9 Å². The Hall–Kier alpha value is -1.06. The van der Waals surface area contributed by atoms with E-state index in [1.165, 1.54) is 0 Å². The van der Waals surface area contributed by atoms with Gasteiger partial charge in [0.1, 0.15) is 6.61 Å². The summed E-state index contributed by atoms with van der Waals surface area (Å²) in [6.07, 6.45) is 4.30. The van der Waals surface area contributed by atoms with Crippen molar-refractivity contribution in [2.45, 2.75) is 57.5 Å². The largest absolute Gasteiger partial charge is 0.396 e. The lowest BCUT2D eigenvalue weighted by Crippen LogP contribution is -2.57. The summed E-state index contributed by atoms with van der Waals surface area (Å²) in [5.41, 5.74) is -1.47. The molecule has 3 aliphatic rings. The number of allylic oxidation sites excluding steroid dienone is 2. The van der Waals surface area contributed by atoms with Gasteiger partial charge in [0.2, 0.25) is 5.44 Å². The molecule has 3 fully saturated rings. The van der Waals surface area contributed by atoms with Gasteiger partial charge in [-0.15, -0.1) is 0 Å². The van der Waals surface area contributed by atoms with Crippen molar-refractivity contribution in [1.29, 1.82) is 0 Å². The minimum absolute atomic E-state index is 0.0208. The smallest absolute Gasteiger partial charge is 0.296 e. The molecule has 1 heterocycles. The molecule has 0 aromatic heterocycles. The molecular formula is C20H30O7S. The van der Waals surface area contributed by atoms with Gasteiger partial charge in [0.25, 0.3) is 10.1 Å². The standard InChI is InChI=1S/C20H30O7S/c1-12-4-7-16-19(2,9-8-17(23)20(16,3)11-21)14(12)6-5-13-15(22)10-27-18(13)28(24,25)26/h5,14,16-18,21,23H,1,4,6-11H2,2-3H3,(H,24,25,26)/b13-5+/t14-,16+,17-,18+,19+,20+/m1/s1. The average Bonchev–Trinajstić information content (AvgIpc) is 2.99. The van der Waals surface area contributed by atoms with Crippen LogP contribution in [0.5, 0.6) is 0 Å². The third-order valence-corrected chi connectivity index (χ3v) is 8.41. The van der Waals surface area contributed by atoms with Crippen LogP contribution in [0.15, 0.2) is 23.8 Å². The minimum atomic E-state index is -4.52. The molecule has 158 valence electrons. The number of ether oxygens (including phenoxy) is 1. The van der Waals surface area contributed by atoms with Gasteiger partial charge in [-0.05, 0) is 49.4 Å². The first-order valence-electron chi connectivity index (χ1n) is 9.73. The zero-order valence-corrected chi connectivity index (χ0v) is 17.2. The number of fused-ring (bicyclic) bond motifs is 1. The number of rotatable bonds is 4. The predicted molar refractivity (Wildman–Crippen MR) is 103 cm³/mol. The Labute approximate surface area is 166 Å². The molecular weight excluding hydrogens is 384 g/mol. The van der Waals surface area contributed by atoms with E-state index in [-0.39, 0.29) is 36.0 Å². The lowest BCUT2D eigenvalue weighted by atomic mass is 9.46. The number of aliphatic hydroxyl groups excluding tert-OH is 2. The van der Waals surface area contributed by atoms with Gasteiger partial charge in [0, 0.05) is 11.0 Å². The second kappa shape index (κ2) is 7.32. The maximum Gasteiger partial charge on any atom is 0.296 e. The molecule has 0 radical (unpaired) electrons. The Morgan fingerprint density at radius 3 is 2.61 bits per heavy atom. The first kappa shape index (κ1) is 21.6. The zero-order valence-electron chi connectivity index (χ0n) is 16.4. The summed E-state index contributed by atoms with van der Waals surface area (Å²) in [6.45, 7) is 7.81. The maximum atomic E-state index is 12.1. The van der Waals surface area contributed by atoms with Crippen molar-refractivity contribution in [3.8, 4) is 0 Å². The van der Waals surface area contributed by atoms with E-state index in [0.29, 0.717) is 12.8 Å². The molecule has 0 aromatic rings. The van der Waals surface area contributed by atoms with Crippen molar-refractivity contribution in [1.82, 2.24) is 0 Å². The minimum Gasteiger partial charge on any atom is -0.396 e. The summed E-state index contributed by atoms with van der Waals surface area (Å²) < 4.78 is 37.3. The molecule has 3 rings (SSSR count). The fourth-order valence-corrected chi connectivity index (χ4v) is 6.58. The van der Waals surface area contributed by atoms with Crippen LogP contribution in [-0.2, 0) is 19.6 Å². The van der Waals surface area contributed by atoms with Gasteiger partial charge in [-0.25, -0.2) is 0 Å². The molecule has 7 nitrogen and oxygen atoms in total. The summed E-state index contributed by atoms with van der Waals surface area (Å²) in [5.74, 6) is -0.381. The number of carbonyl (C=O) groups is 1. The zero-order chi connectivity index (χ0) is 20.9. The van der Waals surface area contributed by atoms with Crippen LogP contribution in [-0.4, -0.2) is 53.7 Å². The van der Waals surface area contributed by atoms with Crippen molar-refractivity contribution in [3.05, 3.63) is 23.8 Å². The lowest BCUT2D eigenvalue weighted by molar-refractivity contribution is -0.151. The quantitative estimate of drug-likeness (QED) is 0.365. The van der Waals surface area contributed by atoms with E-state index in [9.17, 15) is 28.0 Å². The van der Waals surface area contributed by atoms with Gasteiger partial charge in [-0.2, -0.15) is 8.42 Å². The van der Waals surface area contributed by atoms with E-state index in [0.717, 1.165) is 24.8 Å². The molecule has 2 aliphatic carbocycles. The molecule has 0 amide bonds. The van der Waals surface area contributed by atoms with Gasteiger partial charge in [-0.1, -0.05) is 32.1 Å². The van der Waals surface area contributed by atoms with Crippen molar-refractivity contribution in [3.63, 3.8) is 0 Å². The highest BCUT2D eigenvalue weighted by molar-refractivity contribution is 7.86. The molecule has 1 saturated heterocycles. The Balaban J connectivity index is 1.93. The molecule has 6 atom stereocenters. The van der Waals surface area contributed by atoms with E-state index in [1.54, 1.807) is 6.08 Å². The highest BCUT2D eigenvalue weighted by atomic mass is 32.2. The SMILES string of the molecule is C=C1CC[C@@H]2[C@](C)(CO)[C@H](O)CC[C@@]2(C)[C@@H]1C/C=C1\C(=O)CO[C@H]1S(=O)(=O)O. The van der Waals surface area contributed by atoms with Crippen LogP contribution in [0.2, 0.25) is 0 Å². The highest BCUT2D eigenvalue weighted by Gasteiger charge is 2.57. The summed E-state index contributed by atoms with van der Waals surface area (Å²) in [4.78, 5) is 12.1. The van der Waals surface area contributed by atoms with Crippen molar-refractivity contribution in [2.24, 2.45) is 22.7 Å². The number of aliphatic hydroxyl groups is 2. The second-order valence-electron chi connectivity index (χ2n) is 9.00. The van der Waals surface area contributed by atoms with E-state index >= 15 is 0 Å². The van der Waals surface area contributed by atoms with Crippen LogP contribution < -0.4 is 0 Å². The highest BCUT2D eigenvalue weighted by Crippen LogP contribution is 2.61. The molecule has 2 saturated carbocycles. The molecule has 0 aromatic carbocycles. The molecule has 0 unspecified atom stereocenters. The molecule has 28 heavy (non-hydrogen) atoms. The number of hydrogen-bond acceptors (Lipinski definition) is 6. The van der Waals surface area contributed by atoms with Crippen LogP contribution >= 0.6 is 0 Å². The predicted octanol–water partition coefficient (Wildman–Crippen LogP) is 1.86. The summed E-state index contributed by atoms with van der Waals surface area (Å²) in [5, 5.41) is 20.6. The van der Waals surface area contributed by atoms with E-state index < -0.39 is 32.9 Å². The number of Topliss-reactive ketones (excluding diaryl/α,β-unsaturated/α-hetero) is 1. The fourth-order valence-electron chi connectivity index (χ4n) is 5.79. The molecule has 0 spiro atoms. The topological polar surface area (TPSA) is 121 Å². The van der Waals surface area contributed by atoms with E-state index in [1.807, 2.05) is 6.92 Å². The Kier molecular flexibility index (Phi) is 5.66. The molecule has 3 N–H and O–H groups in total. The normalized spacial score (nSPS) is 43.4. The summed E-state index contributed by atoms with van der Waals surface area (Å²) in [7, 11) is -4.52. The van der Waals surface area contributed by atoms with Crippen LogP contribution in [0.3, 0.4) is 0 Å². The van der Waals surface area contributed by atoms with Crippen LogP contribution in [0.4, 0.5) is 0 Å². The van der Waals surface area contributed by atoms with Gasteiger partial charge in [0.15, 0.2) is 5.78 Å². The van der Waals surface area contributed by atoms with Crippen LogP contribution in [0.25, 0.3) is 0 Å². The third kappa shape index (κ3) is 3.39. The van der Waals surface area contributed by atoms with E-state index in [4.69, 9.17) is 4.74 Å². The maximum absolute atomic E-state index is 12.1. The molecule has 0 bridgehead atoms. The first-order valence-corrected chi connectivity index (χ1v) is 11.2. The van der Waals surface area contributed by atoms with Gasteiger partial charge in [-0.3, -0.25) is 9.35 Å². The number of ketones is 1. The number of carbonyl (C=O) groups excluding carboxylic acids is 1. The lowest BCUT2D eigenvalue weighted by Gasteiger charge is -2.59. The Morgan fingerprint density at radius 2 is 2.00 bits per heavy atom.